The van der Waals surface area contributed by atoms with E-state index < -0.39 is 10.7 Å². The van der Waals surface area contributed by atoms with E-state index in [1.165, 1.54) is 6.07 Å². The molecule has 0 unspecified atom stereocenters. The molecular formula is C14H12N3O4-. The number of nitrogens with zero attached hydrogens (tertiary/aromatic N) is 3. The molecule has 0 aliphatic rings. The van der Waals surface area contributed by atoms with E-state index in [0.29, 0.717) is 5.69 Å². The molecule has 1 aromatic heterocycles. The molecule has 1 heterocycles. The molecule has 2 aromatic rings. The van der Waals surface area contributed by atoms with Gasteiger partial charge in [-0.15, -0.1) is 0 Å². The average Bonchev–Trinajstić information content (AvgIpc) is 2.39. The molecule has 0 fully saturated rings. The molecule has 0 spiro atoms. The Balaban J connectivity index is 2.45. The van der Waals surface area contributed by atoms with Gasteiger partial charge in [-0.25, -0.2) is 4.68 Å². The molecule has 0 amide bonds. The van der Waals surface area contributed by atoms with Gasteiger partial charge in [0.05, 0.1) is 11.1 Å². The molecule has 0 radical (unpaired) electrons. The standard InChI is InChI=1S/C14H13N3O4/c1-9-5-10(2)16(14(19)6-9)15-8-11-7-12(17(20)21)3-4-13(11)18/h3-8,18H,1-2H3/p-1/b15-8-. The molecule has 0 saturated carbocycles. The lowest BCUT2D eigenvalue weighted by Gasteiger charge is -2.09. The van der Waals surface area contributed by atoms with Crippen molar-refractivity contribution in [1.29, 1.82) is 0 Å². The van der Waals surface area contributed by atoms with Gasteiger partial charge in [0, 0.05) is 23.9 Å². The van der Waals surface area contributed by atoms with E-state index in [1.54, 1.807) is 19.9 Å². The molecule has 7 nitrogen and oxygen atoms in total. The van der Waals surface area contributed by atoms with Crippen molar-refractivity contribution in [3.8, 4) is 5.75 Å². The number of aromatic nitrogens is 1. The topological polar surface area (TPSA) is 101 Å². The summed E-state index contributed by atoms with van der Waals surface area (Å²) < 4.78 is 1.13. The Kier molecular flexibility index (Phi) is 3.84. The molecule has 21 heavy (non-hydrogen) atoms. The van der Waals surface area contributed by atoms with Crippen LogP contribution in [0.1, 0.15) is 16.8 Å². The van der Waals surface area contributed by atoms with Gasteiger partial charge >= 0.3 is 0 Å². The SMILES string of the molecule is Cc1cc(C)n(/N=C\c2cc([N+](=O)[O-])ccc2[O-])c(=O)c1. The monoisotopic (exact) mass is 286 g/mol. The van der Waals surface area contributed by atoms with E-state index in [9.17, 15) is 20.0 Å². The van der Waals surface area contributed by atoms with Gasteiger partial charge < -0.3 is 5.11 Å². The van der Waals surface area contributed by atoms with Crippen molar-refractivity contribution < 1.29 is 10.0 Å². The van der Waals surface area contributed by atoms with Crippen LogP contribution in [-0.4, -0.2) is 15.8 Å². The third-order valence-electron chi connectivity index (χ3n) is 2.85. The molecule has 0 aliphatic heterocycles. The van der Waals surface area contributed by atoms with Crippen LogP contribution in [0, 0.1) is 24.0 Å². The largest absolute Gasteiger partial charge is 0.872 e. The Labute approximate surface area is 119 Å². The first-order valence-corrected chi connectivity index (χ1v) is 6.08. The minimum absolute atomic E-state index is 0.0519. The van der Waals surface area contributed by atoms with Crippen LogP contribution in [0.2, 0.25) is 0 Å². The first-order valence-electron chi connectivity index (χ1n) is 6.08. The van der Waals surface area contributed by atoms with Gasteiger partial charge in [0.2, 0.25) is 0 Å². The van der Waals surface area contributed by atoms with Crippen LogP contribution >= 0.6 is 0 Å². The van der Waals surface area contributed by atoms with Crippen LogP contribution in [-0.2, 0) is 0 Å². The maximum Gasteiger partial charge on any atom is 0.271 e. The van der Waals surface area contributed by atoms with E-state index in [1.807, 2.05) is 0 Å². The summed E-state index contributed by atoms with van der Waals surface area (Å²) in [5.41, 5.74) is 0.930. The Hall–Kier alpha value is -2.96. The van der Waals surface area contributed by atoms with E-state index in [-0.39, 0.29) is 16.8 Å². The van der Waals surface area contributed by atoms with Gasteiger partial charge in [-0.2, -0.15) is 5.10 Å². The third kappa shape index (κ3) is 3.14. The number of non-ortho nitro benzene ring substituents is 1. The van der Waals surface area contributed by atoms with Crippen LogP contribution in [0.3, 0.4) is 0 Å². The summed E-state index contributed by atoms with van der Waals surface area (Å²) in [5.74, 6) is -0.401. The van der Waals surface area contributed by atoms with Crippen LogP contribution < -0.4 is 10.7 Å². The Morgan fingerprint density at radius 3 is 2.57 bits per heavy atom. The molecule has 0 atom stereocenters. The fourth-order valence-electron chi connectivity index (χ4n) is 1.88. The quantitative estimate of drug-likeness (QED) is 0.482. The summed E-state index contributed by atoms with van der Waals surface area (Å²) in [4.78, 5) is 21.9. The second-order valence-electron chi connectivity index (χ2n) is 4.55. The molecule has 2 rings (SSSR count). The fourth-order valence-corrected chi connectivity index (χ4v) is 1.88. The summed E-state index contributed by atoms with van der Waals surface area (Å²) in [6, 6.07) is 6.54. The lowest BCUT2D eigenvalue weighted by molar-refractivity contribution is -0.385. The van der Waals surface area contributed by atoms with Gasteiger partial charge in [-0.3, -0.25) is 14.9 Å². The predicted molar refractivity (Wildman–Crippen MR) is 75.7 cm³/mol. The fraction of sp³-hybridized carbons (Fsp3) is 0.143. The zero-order valence-electron chi connectivity index (χ0n) is 11.4. The highest BCUT2D eigenvalue weighted by molar-refractivity contribution is 5.84. The van der Waals surface area contributed by atoms with Gasteiger partial charge in [0.1, 0.15) is 0 Å². The maximum absolute atomic E-state index is 11.8. The molecule has 0 N–H and O–H groups in total. The number of rotatable bonds is 3. The smallest absolute Gasteiger partial charge is 0.271 e. The van der Waals surface area contributed by atoms with E-state index in [0.717, 1.165) is 34.7 Å². The van der Waals surface area contributed by atoms with Crippen molar-refractivity contribution >= 4 is 11.9 Å². The van der Waals surface area contributed by atoms with Crippen molar-refractivity contribution in [3.05, 3.63) is 67.6 Å². The predicted octanol–water partition coefficient (Wildman–Crippen LogP) is 1.33. The lowest BCUT2D eigenvalue weighted by Crippen LogP contribution is -2.18. The number of hydrogen-bond acceptors (Lipinski definition) is 5. The highest BCUT2D eigenvalue weighted by Gasteiger charge is 2.06. The van der Waals surface area contributed by atoms with Gasteiger partial charge in [-0.1, -0.05) is 11.8 Å². The number of hydrogen-bond donors (Lipinski definition) is 0. The van der Waals surface area contributed by atoms with Crippen LogP contribution in [0.15, 0.2) is 40.2 Å². The number of nitro benzene ring substituents is 1. The molecule has 7 heteroatoms. The Bertz CT molecular complexity index is 793. The number of benzene rings is 1. The number of pyridine rings is 1. The Morgan fingerprint density at radius 2 is 1.95 bits per heavy atom. The minimum atomic E-state index is -0.597. The molecule has 0 aliphatic carbocycles. The summed E-state index contributed by atoms with van der Waals surface area (Å²) in [7, 11) is 0. The van der Waals surface area contributed by atoms with E-state index in [4.69, 9.17) is 0 Å². The number of aryl methyl sites for hydroxylation is 2. The van der Waals surface area contributed by atoms with Gasteiger partial charge in [-0.05, 0) is 31.0 Å². The van der Waals surface area contributed by atoms with Crippen molar-refractivity contribution in [2.75, 3.05) is 0 Å². The average molecular weight is 286 g/mol. The van der Waals surface area contributed by atoms with Crippen LogP contribution in [0.5, 0.6) is 5.75 Å². The second kappa shape index (κ2) is 5.58. The number of nitro groups is 1. The first-order chi connectivity index (χ1) is 9.88. The third-order valence-corrected chi connectivity index (χ3v) is 2.85. The highest BCUT2D eigenvalue weighted by Crippen LogP contribution is 2.19. The maximum atomic E-state index is 11.8. The zero-order chi connectivity index (χ0) is 15.6. The van der Waals surface area contributed by atoms with Crippen LogP contribution in [0.4, 0.5) is 5.69 Å². The molecule has 1 aromatic carbocycles. The normalized spacial score (nSPS) is 11.0. The molecule has 0 saturated heterocycles. The Morgan fingerprint density at radius 1 is 1.24 bits per heavy atom. The van der Waals surface area contributed by atoms with Crippen molar-refractivity contribution in [3.63, 3.8) is 0 Å². The molecular weight excluding hydrogens is 274 g/mol. The summed E-state index contributed by atoms with van der Waals surface area (Å²) in [5, 5.41) is 26.3. The second-order valence-corrected chi connectivity index (χ2v) is 4.55. The molecule has 108 valence electrons. The summed E-state index contributed by atoms with van der Waals surface area (Å²) in [6.45, 7) is 3.50. The van der Waals surface area contributed by atoms with Crippen molar-refractivity contribution in [1.82, 2.24) is 4.68 Å². The van der Waals surface area contributed by atoms with Crippen molar-refractivity contribution in [2.45, 2.75) is 13.8 Å². The summed E-state index contributed by atoms with van der Waals surface area (Å²) in [6.07, 6.45) is 1.15. The zero-order valence-corrected chi connectivity index (χ0v) is 11.4. The van der Waals surface area contributed by atoms with Crippen molar-refractivity contribution in [2.24, 2.45) is 5.10 Å². The molecule has 0 bridgehead atoms. The first kappa shape index (κ1) is 14.4. The van der Waals surface area contributed by atoms with E-state index >= 15 is 0 Å². The van der Waals surface area contributed by atoms with E-state index in [2.05, 4.69) is 5.10 Å². The highest BCUT2D eigenvalue weighted by atomic mass is 16.6. The lowest BCUT2D eigenvalue weighted by atomic mass is 10.2. The van der Waals surface area contributed by atoms with Crippen LogP contribution in [0.25, 0.3) is 0 Å². The van der Waals surface area contributed by atoms with Gasteiger partial charge in [0.25, 0.3) is 11.2 Å². The van der Waals surface area contributed by atoms with Gasteiger partial charge in [0.15, 0.2) is 0 Å². The minimum Gasteiger partial charge on any atom is -0.872 e. The summed E-state index contributed by atoms with van der Waals surface area (Å²) >= 11 is 0.